The molecule has 0 aromatic heterocycles. The second kappa shape index (κ2) is 6.20. The van der Waals surface area contributed by atoms with E-state index in [4.69, 9.17) is 0 Å². The van der Waals surface area contributed by atoms with Crippen LogP contribution in [0.5, 0.6) is 0 Å². The summed E-state index contributed by atoms with van der Waals surface area (Å²) >= 11 is 0. The highest BCUT2D eigenvalue weighted by atomic mass is 19.1. The normalized spacial score (nSPS) is 17.7. The zero-order chi connectivity index (χ0) is 13.8. The van der Waals surface area contributed by atoms with E-state index in [9.17, 15) is 4.39 Å². The molecule has 3 heteroatoms. The molecule has 1 aliphatic rings. The molecular formula is C16H23FN2. The minimum Gasteiger partial charge on any atom is -0.382 e. The van der Waals surface area contributed by atoms with Crippen LogP contribution in [0.2, 0.25) is 0 Å². The van der Waals surface area contributed by atoms with Gasteiger partial charge in [0.05, 0.1) is 0 Å². The van der Waals surface area contributed by atoms with Gasteiger partial charge < -0.3 is 10.2 Å². The molecule has 19 heavy (non-hydrogen) atoms. The third kappa shape index (κ3) is 3.80. The van der Waals surface area contributed by atoms with Gasteiger partial charge in [-0.1, -0.05) is 18.7 Å². The van der Waals surface area contributed by atoms with E-state index in [1.165, 1.54) is 12.1 Å². The number of hydrogen-bond donors (Lipinski definition) is 1. The summed E-state index contributed by atoms with van der Waals surface area (Å²) in [5.41, 5.74) is 1.86. The van der Waals surface area contributed by atoms with Gasteiger partial charge in [-0.3, -0.25) is 0 Å². The predicted molar refractivity (Wildman–Crippen MR) is 78.3 cm³/mol. The third-order valence-electron chi connectivity index (χ3n) is 3.83. The van der Waals surface area contributed by atoms with E-state index in [1.807, 2.05) is 0 Å². The van der Waals surface area contributed by atoms with Crippen molar-refractivity contribution >= 4 is 5.70 Å². The average molecular weight is 262 g/mol. The second-order valence-electron chi connectivity index (χ2n) is 5.53. The Morgan fingerprint density at radius 3 is 2.37 bits per heavy atom. The van der Waals surface area contributed by atoms with Gasteiger partial charge in [-0.05, 0) is 44.4 Å². The first-order valence-corrected chi connectivity index (χ1v) is 7.01. The van der Waals surface area contributed by atoms with Crippen LogP contribution in [0.15, 0.2) is 30.8 Å². The molecule has 0 spiro atoms. The number of hydrogen-bond acceptors (Lipinski definition) is 2. The van der Waals surface area contributed by atoms with E-state index in [0.717, 1.165) is 37.2 Å². The van der Waals surface area contributed by atoms with Crippen molar-refractivity contribution in [3.05, 3.63) is 42.2 Å². The molecule has 0 unspecified atom stereocenters. The molecule has 0 atom stereocenters. The molecule has 1 saturated heterocycles. The van der Waals surface area contributed by atoms with E-state index in [-0.39, 0.29) is 5.82 Å². The lowest BCUT2D eigenvalue weighted by Gasteiger charge is -2.35. The minimum absolute atomic E-state index is 0.207. The number of piperidine rings is 1. The first-order valence-electron chi connectivity index (χ1n) is 7.01. The molecule has 1 N–H and O–H groups in total. The molecule has 1 aromatic rings. The Bertz CT molecular complexity index is 417. The highest BCUT2D eigenvalue weighted by Crippen LogP contribution is 2.17. The van der Waals surface area contributed by atoms with Crippen LogP contribution in [0.1, 0.15) is 32.3 Å². The van der Waals surface area contributed by atoms with E-state index in [2.05, 4.69) is 30.6 Å². The minimum atomic E-state index is -0.207. The largest absolute Gasteiger partial charge is 0.382 e. The zero-order valence-corrected chi connectivity index (χ0v) is 11.8. The number of benzene rings is 1. The maximum absolute atomic E-state index is 12.9. The highest BCUT2D eigenvalue weighted by Gasteiger charge is 2.20. The van der Waals surface area contributed by atoms with E-state index in [0.29, 0.717) is 12.1 Å². The Hall–Kier alpha value is -1.35. The van der Waals surface area contributed by atoms with Crippen LogP contribution in [-0.2, 0) is 0 Å². The summed E-state index contributed by atoms with van der Waals surface area (Å²) < 4.78 is 12.9. The molecular weight excluding hydrogens is 239 g/mol. The monoisotopic (exact) mass is 262 g/mol. The lowest BCUT2D eigenvalue weighted by atomic mass is 10.0. The highest BCUT2D eigenvalue weighted by molar-refractivity contribution is 5.61. The summed E-state index contributed by atoms with van der Waals surface area (Å²) in [6, 6.07) is 7.60. The molecule has 0 aliphatic carbocycles. The Labute approximate surface area is 115 Å². The van der Waals surface area contributed by atoms with E-state index >= 15 is 0 Å². The van der Waals surface area contributed by atoms with Crippen molar-refractivity contribution in [3.63, 3.8) is 0 Å². The standard InChI is InChI=1S/C16H23FN2/c1-12(2)19-10-8-16(9-11-19)18-13(3)14-4-6-15(17)7-5-14/h4-7,12,16,18H,3,8-11H2,1-2H3. The van der Waals surface area contributed by atoms with Gasteiger partial charge in [0.1, 0.15) is 5.82 Å². The second-order valence-corrected chi connectivity index (χ2v) is 5.53. The topological polar surface area (TPSA) is 15.3 Å². The lowest BCUT2D eigenvalue weighted by Crippen LogP contribution is -2.44. The summed E-state index contributed by atoms with van der Waals surface area (Å²) in [6.07, 6.45) is 2.27. The first kappa shape index (κ1) is 14.1. The third-order valence-corrected chi connectivity index (χ3v) is 3.83. The molecule has 104 valence electrons. The summed E-state index contributed by atoms with van der Waals surface area (Å²) in [5, 5.41) is 3.47. The van der Waals surface area contributed by atoms with Crippen LogP contribution in [-0.4, -0.2) is 30.1 Å². The van der Waals surface area contributed by atoms with E-state index < -0.39 is 0 Å². The maximum Gasteiger partial charge on any atom is 0.123 e. The summed E-state index contributed by atoms with van der Waals surface area (Å²) in [7, 11) is 0. The molecule has 1 aromatic carbocycles. The van der Waals surface area contributed by atoms with Crippen molar-refractivity contribution in [3.8, 4) is 0 Å². The molecule has 0 bridgehead atoms. The van der Waals surface area contributed by atoms with Crippen LogP contribution < -0.4 is 5.32 Å². The summed E-state index contributed by atoms with van der Waals surface area (Å²) in [4.78, 5) is 2.50. The van der Waals surface area contributed by atoms with Gasteiger partial charge in [-0.15, -0.1) is 0 Å². The van der Waals surface area contributed by atoms with Gasteiger partial charge in [-0.25, -0.2) is 4.39 Å². The number of nitrogens with one attached hydrogen (secondary N) is 1. The van der Waals surface area contributed by atoms with Gasteiger partial charge in [0.25, 0.3) is 0 Å². The zero-order valence-electron chi connectivity index (χ0n) is 11.8. The number of halogens is 1. The van der Waals surface area contributed by atoms with Crippen LogP contribution in [0, 0.1) is 5.82 Å². The van der Waals surface area contributed by atoms with Gasteiger partial charge in [0.15, 0.2) is 0 Å². The van der Waals surface area contributed by atoms with Gasteiger partial charge in [0, 0.05) is 30.9 Å². The van der Waals surface area contributed by atoms with Crippen molar-refractivity contribution in [2.24, 2.45) is 0 Å². The van der Waals surface area contributed by atoms with Crippen molar-refractivity contribution in [2.75, 3.05) is 13.1 Å². The summed E-state index contributed by atoms with van der Waals surface area (Å²) in [6.45, 7) is 10.8. The Balaban J connectivity index is 1.85. The quantitative estimate of drug-likeness (QED) is 0.896. The van der Waals surface area contributed by atoms with Crippen molar-refractivity contribution in [1.29, 1.82) is 0 Å². The molecule has 1 heterocycles. The van der Waals surface area contributed by atoms with Crippen molar-refractivity contribution in [2.45, 2.75) is 38.8 Å². The smallest absolute Gasteiger partial charge is 0.123 e. The van der Waals surface area contributed by atoms with Gasteiger partial charge >= 0.3 is 0 Å². The molecule has 0 radical (unpaired) electrons. The van der Waals surface area contributed by atoms with Gasteiger partial charge in [0.2, 0.25) is 0 Å². The molecule has 0 amide bonds. The fraction of sp³-hybridized carbons (Fsp3) is 0.500. The van der Waals surface area contributed by atoms with Crippen LogP contribution >= 0.6 is 0 Å². The Morgan fingerprint density at radius 2 is 1.84 bits per heavy atom. The van der Waals surface area contributed by atoms with Crippen molar-refractivity contribution < 1.29 is 4.39 Å². The molecule has 1 aliphatic heterocycles. The average Bonchev–Trinajstić information content (AvgIpc) is 2.40. The fourth-order valence-electron chi connectivity index (χ4n) is 2.54. The fourth-order valence-corrected chi connectivity index (χ4v) is 2.54. The predicted octanol–water partition coefficient (Wildman–Crippen LogP) is 3.26. The molecule has 2 nitrogen and oxygen atoms in total. The SMILES string of the molecule is C=C(NC1CCN(C(C)C)CC1)c1ccc(F)cc1. The number of nitrogens with zero attached hydrogens (tertiary/aromatic N) is 1. The molecule has 1 fully saturated rings. The number of rotatable bonds is 4. The first-order chi connectivity index (χ1) is 9.06. The Morgan fingerprint density at radius 1 is 1.26 bits per heavy atom. The Kier molecular flexibility index (Phi) is 4.59. The molecule has 2 rings (SSSR count). The maximum atomic E-state index is 12.9. The van der Waals surface area contributed by atoms with Crippen molar-refractivity contribution in [1.82, 2.24) is 10.2 Å². The van der Waals surface area contributed by atoms with E-state index in [1.54, 1.807) is 12.1 Å². The van der Waals surface area contributed by atoms with Crippen LogP contribution in [0.4, 0.5) is 4.39 Å². The lowest BCUT2D eigenvalue weighted by molar-refractivity contribution is 0.167. The van der Waals surface area contributed by atoms with Gasteiger partial charge in [-0.2, -0.15) is 0 Å². The molecule has 0 saturated carbocycles. The number of likely N-dealkylation sites (tertiary alicyclic amines) is 1. The summed E-state index contributed by atoms with van der Waals surface area (Å²) in [5.74, 6) is -0.207. The van der Waals surface area contributed by atoms with Crippen LogP contribution in [0.25, 0.3) is 5.70 Å². The van der Waals surface area contributed by atoms with Crippen LogP contribution in [0.3, 0.4) is 0 Å².